The number of rotatable bonds is 4. The molecular formula is C25H32N4O4. The van der Waals surface area contributed by atoms with Crippen molar-refractivity contribution in [2.75, 3.05) is 13.1 Å². The number of likely N-dealkylation sites (tertiary alicyclic amines) is 2. The lowest BCUT2D eigenvalue weighted by Crippen LogP contribution is -2.51. The number of nitrogens with zero attached hydrogens (tertiary/aromatic N) is 4. The number of benzene rings is 1. The monoisotopic (exact) mass is 452 g/mol. The highest BCUT2D eigenvalue weighted by molar-refractivity contribution is 5.92. The Morgan fingerprint density at radius 1 is 0.970 bits per heavy atom. The number of carbonyl (C=O) groups is 2. The molecule has 0 aliphatic carbocycles. The number of ether oxygens (including phenoxy) is 1. The van der Waals surface area contributed by atoms with Crippen molar-refractivity contribution in [3.63, 3.8) is 0 Å². The predicted molar refractivity (Wildman–Crippen MR) is 124 cm³/mol. The molecule has 2 aliphatic heterocycles. The molecule has 0 saturated carbocycles. The minimum Gasteiger partial charge on any atom is -0.444 e. The Hall–Kier alpha value is -3.16. The van der Waals surface area contributed by atoms with Gasteiger partial charge in [0, 0.05) is 19.2 Å². The first-order chi connectivity index (χ1) is 15.7. The lowest BCUT2D eigenvalue weighted by atomic mass is 10.0. The van der Waals surface area contributed by atoms with Gasteiger partial charge in [-0.15, -0.1) is 0 Å². The topological polar surface area (TPSA) is 84.7 Å². The molecule has 2 amide bonds. The third-order valence-corrected chi connectivity index (χ3v) is 6.19. The van der Waals surface area contributed by atoms with E-state index in [2.05, 4.69) is 5.10 Å². The molecule has 8 nitrogen and oxygen atoms in total. The molecule has 0 bridgehead atoms. The largest absolute Gasteiger partial charge is 0.444 e. The van der Waals surface area contributed by atoms with Gasteiger partial charge in [0.1, 0.15) is 11.3 Å². The van der Waals surface area contributed by atoms with Gasteiger partial charge in [-0.05, 0) is 58.1 Å². The Balaban J connectivity index is 1.53. The standard InChI is InChI=1S/C25H32N4O4/c1-25(2,3)33-24(32)28-16-8-12-21(28)20-11-7-15-27(20)23(31)19-13-14-22(30)29(26-19)17-18-9-5-4-6-10-18/h4-6,9-10,13-14,20-21H,7-8,11-12,15-17H2,1-3H3. The average Bonchev–Trinajstić information content (AvgIpc) is 3.43. The van der Waals surface area contributed by atoms with Crippen LogP contribution in [0.25, 0.3) is 0 Å². The average molecular weight is 453 g/mol. The summed E-state index contributed by atoms with van der Waals surface area (Å²) in [6, 6.07) is 12.3. The van der Waals surface area contributed by atoms with Crippen molar-refractivity contribution in [3.8, 4) is 0 Å². The van der Waals surface area contributed by atoms with Crippen LogP contribution in [0.5, 0.6) is 0 Å². The summed E-state index contributed by atoms with van der Waals surface area (Å²) in [6.07, 6.45) is 3.12. The predicted octanol–water partition coefficient (Wildman–Crippen LogP) is 3.30. The summed E-state index contributed by atoms with van der Waals surface area (Å²) in [4.78, 5) is 42.2. The summed E-state index contributed by atoms with van der Waals surface area (Å²) in [7, 11) is 0. The minimum atomic E-state index is -0.564. The summed E-state index contributed by atoms with van der Waals surface area (Å²) in [5.74, 6) is -0.199. The number of aromatic nitrogens is 2. The van der Waals surface area contributed by atoms with Crippen molar-refractivity contribution >= 4 is 12.0 Å². The van der Waals surface area contributed by atoms with Crippen molar-refractivity contribution in [1.29, 1.82) is 0 Å². The van der Waals surface area contributed by atoms with E-state index in [1.165, 1.54) is 16.8 Å². The number of carbonyl (C=O) groups excluding carboxylic acids is 2. The van der Waals surface area contributed by atoms with Crippen LogP contribution in [0.3, 0.4) is 0 Å². The quantitative estimate of drug-likeness (QED) is 0.711. The molecule has 33 heavy (non-hydrogen) atoms. The van der Waals surface area contributed by atoms with Crippen LogP contribution < -0.4 is 5.56 Å². The van der Waals surface area contributed by atoms with Crippen molar-refractivity contribution < 1.29 is 14.3 Å². The molecule has 2 saturated heterocycles. The molecule has 176 valence electrons. The van der Waals surface area contributed by atoms with Crippen LogP contribution in [0.4, 0.5) is 4.79 Å². The molecule has 2 aromatic rings. The minimum absolute atomic E-state index is 0.0680. The zero-order valence-electron chi connectivity index (χ0n) is 19.6. The smallest absolute Gasteiger partial charge is 0.410 e. The zero-order chi connectivity index (χ0) is 23.6. The molecule has 2 atom stereocenters. The van der Waals surface area contributed by atoms with Crippen molar-refractivity contribution in [3.05, 3.63) is 64.1 Å². The van der Waals surface area contributed by atoms with E-state index in [0.717, 1.165) is 31.2 Å². The second-order valence-electron chi connectivity index (χ2n) is 9.79. The van der Waals surface area contributed by atoms with Gasteiger partial charge >= 0.3 is 6.09 Å². The second-order valence-corrected chi connectivity index (χ2v) is 9.79. The van der Waals surface area contributed by atoms with Crippen molar-refractivity contribution in [1.82, 2.24) is 19.6 Å². The van der Waals surface area contributed by atoms with E-state index in [9.17, 15) is 14.4 Å². The van der Waals surface area contributed by atoms with E-state index in [1.54, 1.807) is 4.90 Å². The Labute approximate surface area is 194 Å². The van der Waals surface area contributed by atoms with E-state index in [0.29, 0.717) is 19.6 Å². The zero-order valence-corrected chi connectivity index (χ0v) is 19.6. The maximum Gasteiger partial charge on any atom is 0.410 e. The number of amides is 2. The van der Waals surface area contributed by atoms with Gasteiger partial charge in [0.05, 0.1) is 18.6 Å². The van der Waals surface area contributed by atoms with Crippen LogP contribution in [-0.2, 0) is 11.3 Å². The van der Waals surface area contributed by atoms with Gasteiger partial charge in [-0.1, -0.05) is 30.3 Å². The molecule has 1 aromatic carbocycles. The van der Waals surface area contributed by atoms with Gasteiger partial charge in [0.25, 0.3) is 11.5 Å². The van der Waals surface area contributed by atoms with E-state index < -0.39 is 5.60 Å². The lowest BCUT2D eigenvalue weighted by Gasteiger charge is -2.35. The van der Waals surface area contributed by atoms with Crippen molar-refractivity contribution in [2.45, 2.75) is 70.7 Å². The Bertz CT molecular complexity index is 1060. The highest BCUT2D eigenvalue weighted by Crippen LogP contribution is 2.32. The third-order valence-electron chi connectivity index (χ3n) is 6.19. The number of hydrogen-bond donors (Lipinski definition) is 0. The SMILES string of the molecule is CC(C)(C)OC(=O)N1CCCC1C1CCCN1C(=O)c1ccc(=O)n(Cc2ccccc2)n1. The summed E-state index contributed by atoms with van der Waals surface area (Å²) >= 11 is 0. The number of hydrogen-bond acceptors (Lipinski definition) is 5. The first-order valence-corrected chi connectivity index (χ1v) is 11.7. The van der Waals surface area contributed by atoms with E-state index in [-0.39, 0.29) is 35.3 Å². The molecule has 0 radical (unpaired) electrons. The summed E-state index contributed by atoms with van der Waals surface area (Å²) in [6.45, 7) is 7.13. The van der Waals surface area contributed by atoms with Crippen LogP contribution in [0.2, 0.25) is 0 Å². The van der Waals surface area contributed by atoms with Crippen LogP contribution in [-0.4, -0.2) is 62.4 Å². The van der Waals surface area contributed by atoms with Gasteiger partial charge < -0.3 is 14.5 Å². The normalized spacial score (nSPS) is 20.8. The highest BCUT2D eigenvalue weighted by Gasteiger charge is 2.43. The van der Waals surface area contributed by atoms with Gasteiger partial charge in [-0.25, -0.2) is 9.48 Å². The first-order valence-electron chi connectivity index (χ1n) is 11.7. The molecule has 3 heterocycles. The van der Waals surface area contributed by atoms with Crippen LogP contribution >= 0.6 is 0 Å². The van der Waals surface area contributed by atoms with Crippen molar-refractivity contribution in [2.24, 2.45) is 0 Å². The van der Waals surface area contributed by atoms with Gasteiger partial charge in [0.15, 0.2) is 0 Å². The summed E-state index contributed by atoms with van der Waals surface area (Å²) in [5, 5.41) is 4.38. The van der Waals surface area contributed by atoms with E-state index in [4.69, 9.17) is 4.74 Å². The molecule has 2 unspecified atom stereocenters. The fraction of sp³-hybridized carbons (Fsp3) is 0.520. The lowest BCUT2D eigenvalue weighted by molar-refractivity contribution is 0.0146. The van der Waals surface area contributed by atoms with Crippen LogP contribution in [0.15, 0.2) is 47.3 Å². The van der Waals surface area contributed by atoms with Crippen LogP contribution in [0, 0.1) is 0 Å². The van der Waals surface area contributed by atoms with Gasteiger partial charge in [0.2, 0.25) is 0 Å². The molecule has 0 spiro atoms. The van der Waals surface area contributed by atoms with Gasteiger partial charge in [-0.3, -0.25) is 9.59 Å². The molecule has 2 fully saturated rings. The van der Waals surface area contributed by atoms with Crippen LogP contribution in [0.1, 0.15) is 62.5 Å². The molecule has 0 N–H and O–H groups in total. The third kappa shape index (κ3) is 5.26. The Morgan fingerprint density at radius 3 is 2.27 bits per heavy atom. The van der Waals surface area contributed by atoms with E-state index in [1.807, 2.05) is 56.0 Å². The molecular weight excluding hydrogens is 420 g/mol. The molecule has 8 heteroatoms. The fourth-order valence-corrected chi connectivity index (χ4v) is 4.76. The maximum atomic E-state index is 13.4. The highest BCUT2D eigenvalue weighted by atomic mass is 16.6. The molecule has 2 aliphatic rings. The maximum absolute atomic E-state index is 13.4. The second kappa shape index (κ2) is 9.37. The molecule has 4 rings (SSSR count). The fourth-order valence-electron chi connectivity index (χ4n) is 4.76. The Kier molecular flexibility index (Phi) is 6.54. The Morgan fingerprint density at radius 2 is 1.61 bits per heavy atom. The van der Waals surface area contributed by atoms with E-state index >= 15 is 0 Å². The van der Waals surface area contributed by atoms with Gasteiger partial charge in [-0.2, -0.15) is 5.10 Å². The summed E-state index contributed by atoms with van der Waals surface area (Å²) in [5.41, 5.74) is 0.375. The summed E-state index contributed by atoms with van der Waals surface area (Å²) < 4.78 is 6.94. The first kappa shape index (κ1) is 23.0. The molecule has 1 aromatic heterocycles.